The quantitative estimate of drug-likeness (QED) is 0.171. The van der Waals surface area contributed by atoms with Gasteiger partial charge in [-0.1, -0.05) is 115 Å². The van der Waals surface area contributed by atoms with Gasteiger partial charge in [0.2, 0.25) is 0 Å². The van der Waals surface area contributed by atoms with Gasteiger partial charge in [0.15, 0.2) is 0 Å². The summed E-state index contributed by atoms with van der Waals surface area (Å²) < 4.78 is 4.90. The van der Waals surface area contributed by atoms with Crippen molar-refractivity contribution in [1.82, 2.24) is 9.13 Å². The van der Waals surface area contributed by atoms with Gasteiger partial charge in [0.05, 0.1) is 16.6 Å². The molecule has 11 rings (SSSR count). The number of nitrogens with zero attached hydrogens (tertiary/aromatic N) is 2. The number of rotatable bonds is 3. The third-order valence-corrected chi connectivity index (χ3v) is 11.0. The molecule has 234 valence electrons. The molecule has 0 N–H and O–H groups in total. The lowest BCUT2D eigenvalue weighted by Gasteiger charge is -2.15. The van der Waals surface area contributed by atoms with E-state index in [9.17, 15) is 0 Å². The SMILES string of the molecule is C1=Cc2c(c3cc(-c4ccc5c6ccccc6n(-c6ccccc6)c5c4)ccc3n2-c2ccc3c4ccccc4c4ccccc4c3c2)CC1. The summed E-state index contributed by atoms with van der Waals surface area (Å²) in [4.78, 5) is 0. The van der Waals surface area contributed by atoms with Crippen LogP contribution in [0.15, 0.2) is 164 Å². The van der Waals surface area contributed by atoms with Gasteiger partial charge in [-0.3, -0.25) is 0 Å². The standard InChI is InChI=1S/C48H32N2/c1-2-12-33(13-3-1)49-45-20-10-8-18-40(45)42-25-22-32(29-48(42)49)31-23-27-47-44(28-31)41-19-9-11-21-46(41)50(47)34-24-26-39-37-16-5-4-14-35(37)36-15-6-7-17-38(36)43(39)30-34/h1-8,10-18,20-30H,9,19H2. The van der Waals surface area contributed by atoms with Crippen molar-refractivity contribution >= 4 is 71.1 Å². The van der Waals surface area contributed by atoms with E-state index in [0.29, 0.717) is 0 Å². The molecule has 0 bridgehead atoms. The second-order valence-corrected chi connectivity index (χ2v) is 13.6. The lowest BCUT2D eigenvalue weighted by molar-refractivity contribution is 0.968. The van der Waals surface area contributed by atoms with Crippen LogP contribution in [0.4, 0.5) is 0 Å². The number of fused-ring (bicyclic) bond motifs is 12. The van der Waals surface area contributed by atoms with Gasteiger partial charge in [0.25, 0.3) is 0 Å². The highest BCUT2D eigenvalue weighted by molar-refractivity contribution is 6.25. The van der Waals surface area contributed by atoms with E-state index in [0.717, 1.165) is 12.8 Å². The highest BCUT2D eigenvalue weighted by Gasteiger charge is 2.21. The first kappa shape index (κ1) is 27.6. The molecule has 0 fully saturated rings. The van der Waals surface area contributed by atoms with E-state index < -0.39 is 0 Å². The molecule has 0 radical (unpaired) electrons. The Hall–Kier alpha value is -6.38. The molecule has 1 aliphatic rings. The van der Waals surface area contributed by atoms with Crippen molar-refractivity contribution in [2.75, 3.05) is 0 Å². The van der Waals surface area contributed by atoms with Gasteiger partial charge in [0.1, 0.15) is 0 Å². The Morgan fingerprint density at radius 3 is 1.72 bits per heavy atom. The number of para-hydroxylation sites is 2. The Bertz CT molecular complexity index is 2990. The van der Waals surface area contributed by atoms with Gasteiger partial charge < -0.3 is 9.13 Å². The predicted octanol–water partition coefficient (Wildman–Crippen LogP) is 12.8. The summed E-state index contributed by atoms with van der Waals surface area (Å²) in [6, 6.07) is 58.3. The highest BCUT2D eigenvalue weighted by Crippen LogP contribution is 2.41. The van der Waals surface area contributed by atoms with Gasteiger partial charge in [-0.25, -0.2) is 0 Å². The number of aromatic nitrogens is 2. The van der Waals surface area contributed by atoms with E-state index in [4.69, 9.17) is 0 Å². The number of hydrogen-bond acceptors (Lipinski definition) is 0. The Kier molecular flexibility index (Phi) is 5.82. The van der Waals surface area contributed by atoms with Gasteiger partial charge in [0, 0.05) is 33.2 Å². The molecular formula is C48H32N2. The number of hydrogen-bond donors (Lipinski definition) is 0. The molecule has 2 aromatic heterocycles. The van der Waals surface area contributed by atoms with Crippen molar-refractivity contribution in [3.63, 3.8) is 0 Å². The molecule has 2 heterocycles. The summed E-state index contributed by atoms with van der Waals surface area (Å²) >= 11 is 0. The van der Waals surface area contributed by atoms with E-state index in [1.807, 2.05) is 0 Å². The van der Waals surface area contributed by atoms with Crippen LogP contribution < -0.4 is 0 Å². The second kappa shape index (κ2) is 10.6. The fourth-order valence-electron chi connectivity index (χ4n) is 8.73. The molecule has 1 aliphatic carbocycles. The number of aryl methyl sites for hydroxylation is 1. The average Bonchev–Trinajstić information content (AvgIpc) is 3.70. The first-order valence-electron chi connectivity index (χ1n) is 17.6. The smallest absolute Gasteiger partial charge is 0.0547 e. The van der Waals surface area contributed by atoms with E-state index >= 15 is 0 Å². The Morgan fingerprint density at radius 2 is 0.940 bits per heavy atom. The molecular weight excluding hydrogens is 605 g/mol. The Balaban J connectivity index is 1.12. The minimum absolute atomic E-state index is 1.04. The number of benzene rings is 8. The zero-order chi connectivity index (χ0) is 32.8. The van der Waals surface area contributed by atoms with Crippen LogP contribution in [0, 0.1) is 0 Å². The van der Waals surface area contributed by atoms with Crippen molar-refractivity contribution in [2.45, 2.75) is 12.8 Å². The molecule has 2 heteroatoms. The third-order valence-electron chi connectivity index (χ3n) is 11.0. The first-order valence-corrected chi connectivity index (χ1v) is 17.6. The summed E-state index contributed by atoms with van der Waals surface area (Å²) in [5, 5.41) is 11.7. The van der Waals surface area contributed by atoms with E-state index in [1.165, 1.54) is 98.8 Å². The highest BCUT2D eigenvalue weighted by atomic mass is 15.0. The summed E-state index contributed by atoms with van der Waals surface area (Å²) in [5.41, 5.74) is 11.3. The maximum atomic E-state index is 2.49. The fraction of sp³-hybridized carbons (Fsp3) is 0.0417. The van der Waals surface area contributed by atoms with Gasteiger partial charge in [-0.2, -0.15) is 0 Å². The zero-order valence-corrected chi connectivity index (χ0v) is 27.5. The largest absolute Gasteiger partial charge is 0.310 e. The number of allylic oxidation sites excluding steroid dienone is 1. The van der Waals surface area contributed by atoms with Crippen molar-refractivity contribution in [2.24, 2.45) is 0 Å². The van der Waals surface area contributed by atoms with Crippen LogP contribution in [0.2, 0.25) is 0 Å². The summed E-state index contributed by atoms with van der Waals surface area (Å²) in [5.74, 6) is 0. The minimum atomic E-state index is 1.04. The zero-order valence-electron chi connectivity index (χ0n) is 27.5. The molecule has 0 aliphatic heterocycles. The monoisotopic (exact) mass is 636 g/mol. The van der Waals surface area contributed by atoms with Crippen LogP contribution in [0.25, 0.3) is 93.6 Å². The summed E-state index contributed by atoms with van der Waals surface area (Å²) in [7, 11) is 0. The summed E-state index contributed by atoms with van der Waals surface area (Å²) in [6.45, 7) is 0. The Morgan fingerprint density at radius 1 is 0.360 bits per heavy atom. The van der Waals surface area contributed by atoms with Crippen LogP contribution >= 0.6 is 0 Å². The molecule has 8 aromatic carbocycles. The lowest BCUT2D eigenvalue weighted by Crippen LogP contribution is -2.00. The van der Waals surface area contributed by atoms with E-state index in [-0.39, 0.29) is 0 Å². The molecule has 0 saturated heterocycles. The van der Waals surface area contributed by atoms with Crippen molar-refractivity contribution < 1.29 is 0 Å². The molecule has 0 spiro atoms. The first-order chi connectivity index (χ1) is 24.8. The molecule has 0 amide bonds. The van der Waals surface area contributed by atoms with Crippen LogP contribution in [0.1, 0.15) is 17.7 Å². The fourth-order valence-corrected chi connectivity index (χ4v) is 8.73. The molecule has 10 aromatic rings. The Labute approximate surface area is 289 Å². The normalized spacial score (nSPS) is 13.0. The van der Waals surface area contributed by atoms with Gasteiger partial charge >= 0.3 is 0 Å². The van der Waals surface area contributed by atoms with Crippen LogP contribution in [-0.2, 0) is 6.42 Å². The van der Waals surface area contributed by atoms with E-state index in [1.54, 1.807) is 0 Å². The predicted molar refractivity (Wildman–Crippen MR) is 213 cm³/mol. The van der Waals surface area contributed by atoms with E-state index in [2.05, 4.69) is 179 Å². The van der Waals surface area contributed by atoms with Crippen LogP contribution in [0.5, 0.6) is 0 Å². The molecule has 0 saturated carbocycles. The summed E-state index contributed by atoms with van der Waals surface area (Å²) in [6.07, 6.45) is 6.78. The second-order valence-electron chi connectivity index (χ2n) is 13.6. The molecule has 2 nitrogen and oxygen atoms in total. The molecule has 50 heavy (non-hydrogen) atoms. The topological polar surface area (TPSA) is 9.86 Å². The van der Waals surface area contributed by atoms with Crippen LogP contribution in [0.3, 0.4) is 0 Å². The van der Waals surface area contributed by atoms with Crippen molar-refractivity contribution in [1.29, 1.82) is 0 Å². The molecule has 0 atom stereocenters. The third kappa shape index (κ3) is 3.90. The van der Waals surface area contributed by atoms with Crippen molar-refractivity contribution in [3.8, 4) is 22.5 Å². The average molecular weight is 637 g/mol. The lowest BCUT2D eigenvalue weighted by atomic mass is 9.94. The van der Waals surface area contributed by atoms with Gasteiger partial charge in [-0.15, -0.1) is 0 Å². The maximum Gasteiger partial charge on any atom is 0.0547 e. The maximum absolute atomic E-state index is 2.49. The minimum Gasteiger partial charge on any atom is -0.310 e. The van der Waals surface area contributed by atoms with Gasteiger partial charge in [-0.05, 0) is 116 Å². The van der Waals surface area contributed by atoms with Crippen LogP contribution in [-0.4, -0.2) is 9.13 Å². The van der Waals surface area contributed by atoms with Crippen molar-refractivity contribution in [3.05, 3.63) is 175 Å². The molecule has 0 unspecified atom stereocenters.